The molecule has 1 aliphatic carbocycles. The lowest BCUT2D eigenvalue weighted by Crippen LogP contribution is -2.57. The molecular formula is C58H66N10O5S. The van der Waals surface area contributed by atoms with Crippen LogP contribution in [0.2, 0.25) is 0 Å². The number of carbonyl (C=O) groups excluding carboxylic acids is 4. The van der Waals surface area contributed by atoms with Gasteiger partial charge >= 0.3 is 0 Å². The predicted molar refractivity (Wildman–Crippen MR) is 290 cm³/mol. The van der Waals surface area contributed by atoms with Gasteiger partial charge in [-0.1, -0.05) is 75.4 Å². The van der Waals surface area contributed by atoms with E-state index in [4.69, 9.17) is 21.4 Å². The van der Waals surface area contributed by atoms with Gasteiger partial charge in [0.25, 0.3) is 0 Å². The van der Waals surface area contributed by atoms with Crippen LogP contribution in [0.1, 0.15) is 107 Å². The Hall–Kier alpha value is -7.14. The first-order chi connectivity index (χ1) is 35.5. The normalized spacial score (nSPS) is 16.7. The number of fused-ring (bicyclic) bond motifs is 1. The number of benzene rings is 3. The van der Waals surface area contributed by atoms with Gasteiger partial charge < -0.3 is 32.1 Å². The number of β-amino-alcohol motifs (C(OH)–C–C–N with tert-alkyl or cyclic N) is 1. The number of likely N-dealkylation sites (tertiary alicyclic amines) is 1. The number of nitrogen functional groups attached to an aromatic ring is 1. The summed E-state index contributed by atoms with van der Waals surface area (Å²) in [6.45, 7) is 7.81. The molecule has 1 saturated carbocycles. The first kappa shape index (κ1) is 51.7. The third-order valence-corrected chi connectivity index (χ3v) is 15.5. The van der Waals surface area contributed by atoms with Crippen LogP contribution in [0, 0.1) is 12.3 Å². The fraction of sp³-hybridized carbons (Fsp3) is 0.379. The van der Waals surface area contributed by atoms with Gasteiger partial charge in [0.1, 0.15) is 29.2 Å². The van der Waals surface area contributed by atoms with E-state index in [1.54, 1.807) is 17.5 Å². The number of Topliss-reactive ketones (excluding diaryl/α,β-unsaturated/α-hetero) is 1. The Morgan fingerprint density at radius 2 is 1.62 bits per heavy atom. The molecule has 0 radical (unpaired) electrons. The highest BCUT2D eigenvalue weighted by molar-refractivity contribution is 7.13. The van der Waals surface area contributed by atoms with Crippen LogP contribution in [0.3, 0.4) is 0 Å². The summed E-state index contributed by atoms with van der Waals surface area (Å²) in [5, 5.41) is 16.5. The second-order valence-corrected chi connectivity index (χ2v) is 21.9. The van der Waals surface area contributed by atoms with Crippen molar-refractivity contribution in [3.05, 3.63) is 131 Å². The van der Waals surface area contributed by atoms with Crippen molar-refractivity contribution in [1.29, 1.82) is 0 Å². The number of aromatic nitrogens is 5. The number of aliphatic hydroxyl groups excluding tert-OH is 1. The monoisotopic (exact) mass is 1010 g/mol. The van der Waals surface area contributed by atoms with Gasteiger partial charge in [0, 0.05) is 61.8 Å². The van der Waals surface area contributed by atoms with E-state index < -0.39 is 29.5 Å². The number of amides is 3. The molecular weight excluding hydrogens is 949 g/mol. The fourth-order valence-corrected chi connectivity index (χ4v) is 10.9. The van der Waals surface area contributed by atoms with Crippen LogP contribution >= 0.6 is 11.3 Å². The summed E-state index contributed by atoms with van der Waals surface area (Å²) in [5.74, 6) is 0.0820. The lowest BCUT2D eigenvalue weighted by atomic mass is 9.73. The zero-order valence-electron chi connectivity index (χ0n) is 42.6. The van der Waals surface area contributed by atoms with Crippen LogP contribution in [-0.2, 0) is 37.7 Å². The van der Waals surface area contributed by atoms with E-state index in [0.29, 0.717) is 61.4 Å². The number of hydrogen-bond acceptors (Lipinski definition) is 12. The maximum absolute atomic E-state index is 14.1. The van der Waals surface area contributed by atoms with Crippen LogP contribution < -0.4 is 22.1 Å². The molecule has 1 aliphatic heterocycles. The molecule has 16 heteroatoms. The number of aliphatic hydroxyl groups is 1. The molecule has 0 bridgehead atoms. The van der Waals surface area contributed by atoms with E-state index in [9.17, 15) is 24.3 Å². The Bertz CT molecular complexity index is 3160. The molecule has 7 aromatic rings. The van der Waals surface area contributed by atoms with Crippen LogP contribution in [0.5, 0.6) is 0 Å². The van der Waals surface area contributed by atoms with E-state index in [0.717, 1.165) is 74.5 Å². The number of ketones is 1. The average molecular weight is 1020 g/mol. The highest BCUT2D eigenvalue weighted by atomic mass is 32.1. The van der Waals surface area contributed by atoms with Gasteiger partial charge in [-0.2, -0.15) is 0 Å². The molecule has 3 aromatic carbocycles. The maximum atomic E-state index is 14.1. The Morgan fingerprint density at radius 3 is 2.32 bits per heavy atom. The average Bonchev–Trinajstić information content (AvgIpc) is 4.11. The quantitative estimate of drug-likeness (QED) is 0.0482. The van der Waals surface area contributed by atoms with E-state index in [1.807, 2.05) is 98.4 Å². The lowest BCUT2D eigenvalue weighted by Gasteiger charge is -2.38. The smallest absolute Gasteiger partial charge is 0.246 e. The summed E-state index contributed by atoms with van der Waals surface area (Å²) in [4.78, 5) is 75.4. The largest absolute Gasteiger partial charge is 0.391 e. The summed E-state index contributed by atoms with van der Waals surface area (Å²) in [5.41, 5.74) is 23.8. The number of rotatable bonds is 19. The van der Waals surface area contributed by atoms with Crippen molar-refractivity contribution in [2.75, 3.05) is 12.3 Å². The summed E-state index contributed by atoms with van der Waals surface area (Å²) in [7, 11) is 0. The van der Waals surface area contributed by atoms with Crippen molar-refractivity contribution >= 4 is 51.8 Å². The minimum atomic E-state index is -0.926. The van der Waals surface area contributed by atoms with Crippen LogP contribution in [0.25, 0.3) is 49.9 Å². The van der Waals surface area contributed by atoms with E-state index in [1.165, 1.54) is 4.90 Å². The molecule has 3 amide bonds. The second kappa shape index (κ2) is 22.1. The summed E-state index contributed by atoms with van der Waals surface area (Å²) >= 11 is 1.57. The number of imidazole rings is 1. The van der Waals surface area contributed by atoms with Crippen LogP contribution in [0.15, 0.2) is 109 Å². The standard InChI is InChI=1S/C58H66N10O5S/c1-36-50(74-35-63-36)39-20-18-38(19-21-39)33-62-55(72)48-32-44(70)34-67(48)56(73)51(57(2,3)4)66-49(71)17-6-5-14-43(69)15-8-12-37-11-7-13-40(31-37)46-26-27-47-54(64-46)68(53(65-47)45-16-9-30-61-52(45)59)42-24-22-41(23-25-42)58(60)28-10-29-58/h7,9,11,13,16,18-27,30-31,35,44,48,51,70H,5-6,8,10,12,14-15,17,28-29,32-34,60H2,1-4H3,(H2,59,61)(H,62,72)(H,66,71)/t44-,48+,51-/m1/s1. The minimum absolute atomic E-state index is 0.00576. The van der Waals surface area contributed by atoms with Crippen molar-refractivity contribution < 1.29 is 24.3 Å². The molecule has 7 N–H and O–H groups in total. The van der Waals surface area contributed by atoms with Crippen molar-refractivity contribution in [2.45, 2.75) is 129 Å². The van der Waals surface area contributed by atoms with Crippen LogP contribution in [-0.4, -0.2) is 82.7 Å². The van der Waals surface area contributed by atoms with Crippen molar-refractivity contribution in [3.8, 4) is 38.8 Å². The molecule has 384 valence electrons. The number of carbonyl (C=O) groups is 4. The Kier molecular flexibility index (Phi) is 15.5. The molecule has 5 heterocycles. The molecule has 2 aliphatic rings. The number of aryl methyl sites for hydroxylation is 2. The SMILES string of the molecule is Cc1ncsc1-c1ccc(CNC(=O)[C@@H]2C[C@@H](O)CN2C(=O)[C@@H](NC(=O)CCCCC(=O)CCCc2cccc(-c3ccc4nc(-c5cccnc5N)n(-c5ccc(C6(N)CCC6)cc5)c4n3)c2)C(C)(C)C)cc1. The molecule has 0 spiro atoms. The Labute approximate surface area is 436 Å². The summed E-state index contributed by atoms with van der Waals surface area (Å²) in [6, 6.07) is 30.4. The maximum Gasteiger partial charge on any atom is 0.246 e. The van der Waals surface area contributed by atoms with E-state index in [2.05, 4.69) is 57.0 Å². The van der Waals surface area contributed by atoms with Gasteiger partial charge in [-0.05, 0) is 122 Å². The highest BCUT2D eigenvalue weighted by Gasteiger charge is 2.44. The van der Waals surface area contributed by atoms with Gasteiger partial charge in [-0.25, -0.2) is 19.9 Å². The first-order valence-electron chi connectivity index (χ1n) is 25.7. The van der Waals surface area contributed by atoms with Gasteiger partial charge in [0.15, 0.2) is 11.5 Å². The fourth-order valence-electron chi connectivity index (χ4n) is 10.1. The number of nitrogens with two attached hydrogens (primary N) is 2. The predicted octanol–water partition coefficient (Wildman–Crippen LogP) is 8.76. The minimum Gasteiger partial charge on any atom is -0.391 e. The lowest BCUT2D eigenvalue weighted by molar-refractivity contribution is -0.144. The number of thiazole rings is 1. The number of hydrogen-bond donors (Lipinski definition) is 5. The summed E-state index contributed by atoms with van der Waals surface area (Å²) < 4.78 is 2.03. The molecule has 0 unspecified atom stereocenters. The molecule has 1 saturated heterocycles. The highest BCUT2D eigenvalue weighted by Crippen LogP contribution is 2.40. The van der Waals surface area contributed by atoms with Gasteiger partial charge in [0.05, 0.1) is 33.4 Å². The second-order valence-electron chi connectivity index (χ2n) is 21.0. The van der Waals surface area contributed by atoms with Crippen LogP contribution in [0.4, 0.5) is 5.82 Å². The number of nitrogens with one attached hydrogen (secondary N) is 2. The van der Waals surface area contributed by atoms with Crippen molar-refractivity contribution in [2.24, 2.45) is 11.1 Å². The number of nitrogens with zero attached hydrogens (tertiary/aromatic N) is 6. The summed E-state index contributed by atoms with van der Waals surface area (Å²) in [6.07, 6.45) is 7.31. The van der Waals surface area contributed by atoms with E-state index in [-0.39, 0.29) is 49.1 Å². The molecule has 74 heavy (non-hydrogen) atoms. The molecule has 4 aromatic heterocycles. The topological polar surface area (TPSA) is 224 Å². The van der Waals surface area contributed by atoms with Gasteiger partial charge in [0.2, 0.25) is 17.7 Å². The third kappa shape index (κ3) is 11.6. The molecule has 9 rings (SSSR count). The van der Waals surface area contributed by atoms with Gasteiger partial charge in [-0.15, -0.1) is 11.3 Å². The van der Waals surface area contributed by atoms with Crippen molar-refractivity contribution in [3.63, 3.8) is 0 Å². The molecule has 2 fully saturated rings. The zero-order valence-corrected chi connectivity index (χ0v) is 43.5. The number of unbranched alkanes of at least 4 members (excludes halogenated alkanes) is 1. The Morgan fingerprint density at radius 1 is 0.865 bits per heavy atom. The van der Waals surface area contributed by atoms with Crippen molar-refractivity contribution in [1.82, 2.24) is 40.0 Å². The molecule has 15 nitrogen and oxygen atoms in total. The molecule has 3 atom stereocenters. The van der Waals surface area contributed by atoms with E-state index >= 15 is 0 Å². The first-order valence-corrected chi connectivity index (χ1v) is 26.6. The number of anilines is 1. The third-order valence-electron chi connectivity index (χ3n) is 14.5. The van der Waals surface area contributed by atoms with Gasteiger partial charge in [-0.3, -0.25) is 23.7 Å². The zero-order chi connectivity index (χ0) is 52.1. The number of pyridine rings is 2. The Balaban J connectivity index is 0.756.